The summed E-state index contributed by atoms with van der Waals surface area (Å²) in [6.07, 6.45) is 1.01. The fraction of sp³-hybridized carbons (Fsp3) is 0.172. The van der Waals surface area contributed by atoms with E-state index in [9.17, 15) is 0 Å². The van der Waals surface area contributed by atoms with E-state index >= 15 is 0 Å². The number of nitrogens with zero attached hydrogens (tertiary/aromatic N) is 4. The van der Waals surface area contributed by atoms with E-state index in [0.29, 0.717) is 0 Å². The van der Waals surface area contributed by atoms with Gasteiger partial charge in [-0.2, -0.15) is 5.10 Å². The summed E-state index contributed by atoms with van der Waals surface area (Å²) in [5.74, 6) is 0. The van der Waals surface area contributed by atoms with Gasteiger partial charge in [0.15, 0.2) is 5.65 Å². The zero-order chi connectivity index (χ0) is 22.4. The fourth-order valence-corrected chi connectivity index (χ4v) is 4.91. The molecule has 162 valence electrons. The number of rotatable bonds is 4. The van der Waals surface area contributed by atoms with Crippen LogP contribution in [0, 0.1) is 13.8 Å². The molecule has 2 aromatic heterocycles. The van der Waals surface area contributed by atoms with Gasteiger partial charge in [0, 0.05) is 24.3 Å². The van der Waals surface area contributed by atoms with E-state index in [1.807, 2.05) is 10.7 Å². The maximum Gasteiger partial charge on any atom is 0.165 e. The summed E-state index contributed by atoms with van der Waals surface area (Å²) in [5, 5.41) is 6.30. The van der Waals surface area contributed by atoms with Crippen molar-refractivity contribution in [3.8, 4) is 16.9 Å². The fourth-order valence-electron chi connectivity index (χ4n) is 4.91. The quantitative estimate of drug-likeness (QED) is 0.337. The van der Waals surface area contributed by atoms with Crippen molar-refractivity contribution in [2.75, 3.05) is 11.4 Å². The third-order valence-electron chi connectivity index (χ3n) is 6.58. The first-order chi connectivity index (χ1) is 16.2. The van der Waals surface area contributed by atoms with Gasteiger partial charge in [-0.3, -0.25) is 0 Å². The van der Waals surface area contributed by atoms with E-state index < -0.39 is 0 Å². The molecular weight excluding hydrogens is 404 g/mol. The van der Waals surface area contributed by atoms with E-state index in [0.717, 1.165) is 53.2 Å². The number of aryl methyl sites for hydroxylation is 2. The van der Waals surface area contributed by atoms with Crippen LogP contribution in [-0.4, -0.2) is 21.3 Å². The Hall–Kier alpha value is -3.92. The summed E-state index contributed by atoms with van der Waals surface area (Å²) in [4.78, 5) is 7.61. The third kappa shape index (κ3) is 3.39. The van der Waals surface area contributed by atoms with E-state index in [1.165, 1.54) is 22.4 Å². The second kappa shape index (κ2) is 7.89. The SMILES string of the molecule is Cc1ccc(-c2nn(-c3ccccc3)c3nc(C)c4c(c23)N(Cc2ccccc2)CC4)cc1. The van der Waals surface area contributed by atoms with Gasteiger partial charge in [-0.1, -0.05) is 78.4 Å². The van der Waals surface area contributed by atoms with Crippen molar-refractivity contribution in [3.05, 3.63) is 107 Å². The minimum atomic E-state index is 0.885. The van der Waals surface area contributed by atoms with Crippen LogP contribution in [-0.2, 0) is 13.0 Å². The Balaban J connectivity index is 1.62. The molecule has 4 heteroatoms. The Morgan fingerprint density at radius 3 is 2.24 bits per heavy atom. The maximum atomic E-state index is 5.15. The van der Waals surface area contributed by atoms with E-state index in [-0.39, 0.29) is 0 Å². The number of para-hydroxylation sites is 1. The van der Waals surface area contributed by atoms with Crippen molar-refractivity contribution in [1.82, 2.24) is 14.8 Å². The monoisotopic (exact) mass is 430 g/mol. The van der Waals surface area contributed by atoms with Crippen molar-refractivity contribution in [1.29, 1.82) is 0 Å². The van der Waals surface area contributed by atoms with Crippen LogP contribution in [0.3, 0.4) is 0 Å². The van der Waals surface area contributed by atoms with Crippen LogP contribution in [0.25, 0.3) is 28.0 Å². The average molecular weight is 431 g/mol. The van der Waals surface area contributed by atoms with Crippen molar-refractivity contribution in [2.45, 2.75) is 26.8 Å². The molecule has 5 aromatic rings. The molecule has 0 radical (unpaired) electrons. The van der Waals surface area contributed by atoms with Gasteiger partial charge >= 0.3 is 0 Å². The Kier molecular flexibility index (Phi) is 4.72. The number of fused-ring (bicyclic) bond motifs is 3. The van der Waals surface area contributed by atoms with E-state index in [4.69, 9.17) is 10.1 Å². The number of benzene rings is 3. The first-order valence-electron chi connectivity index (χ1n) is 11.5. The van der Waals surface area contributed by atoms with E-state index in [1.54, 1.807) is 0 Å². The summed E-state index contributed by atoms with van der Waals surface area (Å²) in [5.41, 5.74) is 10.4. The summed E-state index contributed by atoms with van der Waals surface area (Å²) in [6, 6.07) is 29.7. The lowest BCUT2D eigenvalue weighted by Crippen LogP contribution is -2.20. The molecule has 0 N–H and O–H groups in total. The number of anilines is 1. The lowest BCUT2D eigenvalue weighted by Gasteiger charge is -2.21. The number of pyridine rings is 1. The lowest BCUT2D eigenvalue weighted by atomic mass is 10.0. The molecule has 0 saturated carbocycles. The van der Waals surface area contributed by atoms with Crippen LogP contribution >= 0.6 is 0 Å². The third-order valence-corrected chi connectivity index (χ3v) is 6.58. The second-order valence-electron chi connectivity index (χ2n) is 8.84. The molecule has 0 fully saturated rings. The molecular formula is C29H26N4. The first kappa shape index (κ1) is 19.7. The summed E-state index contributed by atoms with van der Waals surface area (Å²) in [7, 11) is 0. The molecule has 0 bridgehead atoms. The molecule has 0 spiro atoms. The predicted octanol–water partition coefficient (Wildman–Crippen LogP) is 6.27. The Labute approximate surface area is 194 Å². The molecule has 6 rings (SSSR count). The van der Waals surface area contributed by atoms with Crippen LogP contribution < -0.4 is 4.90 Å². The highest BCUT2D eigenvalue weighted by molar-refractivity contribution is 6.03. The molecule has 0 amide bonds. The van der Waals surface area contributed by atoms with Gasteiger partial charge in [0.25, 0.3) is 0 Å². The van der Waals surface area contributed by atoms with Gasteiger partial charge in [-0.25, -0.2) is 9.67 Å². The first-order valence-corrected chi connectivity index (χ1v) is 11.5. The minimum Gasteiger partial charge on any atom is -0.366 e. The standard InChI is InChI=1S/C29H26N4/c1-20-13-15-23(16-14-20)27-26-28-25(17-18-32(28)19-22-9-5-3-6-10-22)21(2)30-29(26)33(31-27)24-11-7-4-8-12-24/h3-16H,17-19H2,1-2H3. The minimum absolute atomic E-state index is 0.885. The topological polar surface area (TPSA) is 34.0 Å². The molecule has 0 saturated heterocycles. The highest BCUT2D eigenvalue weighted by Gasteiger charge is 2.29. The summed E-state index contributed by atoms with van der Waals surface area (Å²) < 4.78 is 2.01. The normalized spacial score (nSPS) is 13.0. The number of hydrogen-bond acceptors (Lipinski definition) is 3. The van der Waals surface area contributed by atoms with Crippen LogP contribution in [0.1, 0.15) is 22.4 Å². The van der Waals surface area contributed by atoms with Crippen molar-refractivity contribution in [3.63, 3.8) is 0 Å². The van der Waals surface area contributed by atoms with Crippen molar-refractivity contribution in [2.24, 2.45) is 0 Å². The van der Waals surface area contributed by atoms with E-state index in [2.05, 4.69) is 97.6 Å². The van der Waals surface area contributed by atoms with Crippen LogP contribution in [0.4, 0.5) is 5.69 Å². The Morgan fingerprint density at radius 1 is 0.818 bits per heavy atom. The predicted molar refractivity (Wildman–Crippen MR) is 135 cm³/mol. The summed E-state index contributed by atoms with van der Waals surface area (Å²) in [6.45, 7) is 6.14. The molecule has 1 aliphatic rings. The van der Waals surface area contributed by atoms with Crippen LogP contribution in [0.15, 0.2) is 84.9 Å². The van der Waals surface area contributed by atoms with Gasteiger partial charge in [0.1, 0.15) is 5.69 Å². The molecule has 3 heterocycles. The maximum absolute atomic E-state index is 5.15. The lowest BCUT2D eigenvalue weighted by molar-refractivity contribution is 0.837. The largest absolute Gasteiger partial charge is 0.366 e. The van der Waals surface area contributed by atoms with Gasteiger partial charge in [0.2, 0.25) is 0 Å². The zero-order valence-electron chi connectivity index (χ0n) is 19.0. The van der Waals surface area contributed by atoms with Gasteiger partial charge in [0.05, 0.1) is 16.8 Å². The van der Waals surface area contributed by atoms with Gasteiger partial charge in [-0.15, -0.1) is 0 Å². The number of hydrogen-bond donors (Lipinski definition) is 0. The summed E-state index contributed by atoms with van der Waals surface area (Å²) >= 11 is 0. The van der Waals surface area contributed by atoms with Crippen LogP contribution in [0.2, 0.25) is 0 Å². The molecule has 0 unspecified atom stereocenters. The molecule has 0 atom stereocenters. The highest BCUT2D eigenvalue weighted by atomic mass is 15.3. The Bertz CT molecular complexity index is 1430. The smallest absolute Gasteiger partial charge is 0.165 e. The molecule has 3 aromatic carbocycles. The van der Waals surface area contributed by atoms with Crippen LogP contribution in [0.5, 0.6) is 0 Å². The molecule has 33 heavy (non-hydrogen) atoms. The molecule has 1 aliphatic heterocycles. The highest BCUT2D eigenvalue weighted by Crippen LogP contribution is 2.42. The second-order valence-corrected chi connectivity index (χ2v) is 8.84. The number of aromatic nitrogens is 3. The van der Waals surface area contributed by atoms with Crippen molar-refractivity contribution >= 4 is 16.7 Å². The Morgan fingerprint density at radius 2 is 1.52 bits per heavy atom. The average Bonchev–Trinajstić information content (AvgIpc) is 3.43. The van der Waals surface area contributed by atoms with Gasteiger partial charge < -0.3 is 4.90 Å². The zero-order valence-corrected chi connectivity index (χ0v) is 19.0. The molecule has 4 nitrogen and oxygen atoms in total. The molecule has 0 aliphatic carbocycles. The van der Waals surface area contributed by atoms with Gasteiger partial charge in [-0.05, 0) is 43.5 Å². The van der Waals surface area contributed by atoms with Crippen molar-refractivity contribution < 1.29 is 0 Å².